The lowest BCUT2D eigenvalue weighted by Crippen LogP contribution is -2.18. The van der Waals surface area contributed by atoms with Crippen LogP contribution in [0.1, 0.15) is 83.4 Å². The molecule has 3 rings (SSSR count). The lowest BCUT2D eigenvalue weighted by Gasteiger charge is -2.08. The summed E-state index contributed by atoms with van der Waals surface area (Å²) in [6.45, 7) is 3.41. The summed E-state index contributed by atoms with van der Waals surface area (Å²) < 4.78 is 7.03. The molecule has 0 aliphatic heterocycles. The number of aromatic carboxylic acids is 1. The van der Waals surface area contributed by atoms with Crippen molar-refractivity contribution < 1.29 is 24.2 Å². The number of fused-ring (bicyclic) bond motifs is 1. The zero-order valence-corrected chi connectivity index (χ0v) is 19.3. The van der Waals surface area contributed by atoms with E-state index in [1.807, 2.05) is 24.3 Å². The minimum atomic E-state index is -1.09. The predicted octanol–water partition coefficient (Wildman–Crippen LogP) is 6.16. The second-order valence-corrected chi connectivity index (χ2v) is 8.35. The average Bonchev–Trinajstić information content (AvgIpc) is 3.20. The van der Waals surface area contributed by atoms with Gasteiger partial charge in [0, 0.05) is 17.1 Å². The fourth-order valence-corrected chi connectivity index (χ4v) is 3.93. The maximum atomic E-state index is 12.8. The molecule has 0 aliphatic rings. The lowest BCUT2D eigenvalue weighted by molar-refractivity contribution is 0.0696. The number of hydrogen-bond donors (Lipinski definition) is 1. The Kier molecular flexibility index (Phi) is 8.41. The van der Waals surface area contributed by atoms with E-state index < -0.39 is 5.97 Å². The van der Waals surface area contributed by atoms with Gasteiger partial charge in [0.25, 0.3) is 5.91 Å². The quantitative estimate of drug-likeness (QED) is 0.264. The fourth-order valence-electron chi connectivity index (χ4n) is 3.93. The molecule has 1 aromatic heterocycles. The first-order valence-corrected chi connectivity index (χ1v) is 11.5. The third kappa shape index (κ3) is 6.31. The molecule has 33 heavy (non-hydrogen) atoms. The van der Waals surface area contributed by atoms with Gasteiger partial charge >= 0.3 is 5.97 Å². The number of hydrogen-bond acceptors (Lipinski definition) is 4. The molecule has 174 valence electrons. The van der Waals surface area contributed by atoms with E-state index in [9.17, 15) is 19.5 Å². The highest BCUT2D eigenvalue weighted by Gasteiger charge is 2.18. The highest BCUT2D eigenvalue weighted by molar-refractivity contribution is 6.10. The summed E-state index contributed by atoms with van der Waals surface area (Å²) in [6.07, 6.45) is 10.1. The number of nitrogens with zero attached hydrogens (tertiary/aromatic N) is 1. The van der Waals surface area contributed by atoms with Gasteiger partial charge in [-0.05, 0) is 55.7 Å². The Labute approximate surface area is 194 Å². The maximum absolute atomic E-state index is 12.8. The Morgan fingerprint density at radius 2 is 1.64 bits per heavy atom. The van der Waals surface area contributed by atoms with Gasteiger partial charge in [0.05, 0.1) is 11.1 Å². The number of carbonyl (C=O) groups excluding carboxylic acids is 2. The molecule has 0 spiro atoms. The molecule has 0 radical (unpaired) electrons. The molecule has 6 heteroatoms. The molecule has 6 nitrogen and oxygen atoms in total. The average molecular weight is 450 g/mol. The number of rotatable bonds is 12. The van der Waals surface area contributed by atoms with Crippen LogP contribution < -0.4 is 4.74 Å². The zero-order valence-electron chi connectivity index (χ0n) is 19.3. The second kappa shape index (κ2) is 11.5. The number of carbonyl (C=O) groups is 3. The van der Waals surface area contributed by atoms with Crippen LogP contribution >= 0.6 is 0 Å². The number of ketones is 1. The number of ether oxygens (including phenoxy) is 1. The number of Topliss-reactive ketones (excluding diaryl/α,β-unsaturated/α-hetero) is 1. The van der Waals surface area contributed by atoms with Gasteiger partial charge in [0.2, 0.25) is 0 Å². The predicted molar refractivity (Wildman–Crippen MR) is 129 cm³/mol. The van der Waals surface area contributed by atoms with Crippen molar-refractivity contribution in [2.75, 3.05) is 6.61 Å². The van der Waals surface area contributed by atoms with Crippen molar-refractivity contribution in [2.24, 2.45) is 0 Å². The van der Waals surface area contributed by atoms with Gasteiger partial charge in [-0.3, -0.25) is 14.2 Å². The fraction of sp³-hybridized carbons (Fsp3) is 0.370. The lowest BCUT2D eigenvalue weighted by atomic mass is 10.0. The first kappa shape index (κ1) is 24.2. The minimum Gasteiger partial charge on any atom is -0.484 e. The molecule has 3 aromatic rings. The summed E-state index contributed by atoms with van der Waals surface area (Å²) in [6, 6.07) is 12.2. The SMILES string of the molecule is CCCCCCCCc1ccc(OCC(=O)n2cc(C(C)=O)c3cc(C(=O)O)ccc32)cc1. The van der Waals surface area contributed by atoms with Crippen molar-refractivity contribution >= 4 is 28.6 Å². The molecular weight excluding hydrogens is 418 g/mol. The Bertz CT molecular complexity index is 1130. The first-order valence-electron chi connectivity index (χ1n) is 11.5. The molecular formula is C27H31NO5. The monoisotopic (exact) mass is 449 g/mol. The van der Waals surface area contributed by atoms with Crippen molar-refractivity contribution in [3.05, 3.63) is 65.4 Å². The van der Waals surface area contributed by atoms with Gasteiger partial charge in [-0.15, -0.1) is 0 Å². The van der Waals surface area contributed by atoms with Crippen LogP contribution in [-0.4, -0.2) is 33.9 Å². The van der Waals surface area contributed by atoms with Crippen molar-refractivity contribution in [3.63, 3.8) is 0 Å². The van der Waals surface area contributed by atoms with Crippen LogP contribution in [0, 0.1) is 0 Å². The summed E-state index contributed by atoms with van der Waals surface area (Å²) in [7, 11) is 0. The van der Waals surface area contributed by atoms with Crippen LogP contribution in [0.4, 0.5) is 0 Å². The molecule has 0 aliphatic carbocycles. The van der Waals surface area contributed by atoms with E-state index in [1.54, 1.807) is 6.07 Å². The highest BCUT2D eigenvalue weighted by Crippen LogP contribution is 2.24. The van der Waals surface area contributed by atoms with Crippen molar-refractivity contribution in [3.8, 4) is 5.75 Å². The minimum absolute atomic E-state index is 0.0625. The van der Waals surface area contributed by atoms with Gasteiger partial charge in [-0.2, -0.15) is 0 Å². The smallest absolute Gasteiger partial charge is 0.335 e. The third-order valence-electron chi connectivity index (χ3n) is 5.80. The molecule has 0 bridgehead atoms. The second-order valence-electron chi connectivity index (χ2n) is 8.35. The Balaban J connectivity index is 1.61. The van der Waals surface area contributed by atoms with Crippen molar-refractivity contribution in [2.45, 2.75) is 58.8 Å². The molecule has 2 aromatic carbocycles. The number of carboxylic acids is 1. The summed E-state index contributed by atoms with van der Waals surface area (Å²) in [5.41, 5.74) is 2.10. The van der Waals surface area contributed by atoms with E-state index in [0.717, 1.165) is 6.42 Å². The van der Waals surface area contributed by atoms with Crippen molar-refractivity contribution in [1.29, 1.82) is 0 Å². The first-order chi connectivity index (χ1) is 15.9. The molecule has 0 amide bonds. The van der Waals surface area contributed by atoms with Crippen LogP contribution in [-0.2, 0) is 6.42 Å². The standard InChI is InChI=1S/C27H31NO5/c1-3-4-5-6-7-8-9-20-10-13-22(14-11-20)33-18-26(30)28-17-24(19(2)29)23-16-21(27(31)32)12-15-25(23)28/h10-17H,3-9,18H2,1-2H3,(H,31,32). The summed E-state index contributed by atoms with van der Waals surface area (Å²) in [5, 5.41) is 9.67. The van der Waals surface area contributed by atoms with Crippen LogP contribution in [0.5, 0.6) is 5.75 Å². The van der Waals surface area contributed by atoms with E-state index in [2.05, 4.69) is 6.92 Å². The molecule has 1 N–H and O–H groups in total. The van der Waals surface area contributed by atoms with Crippen LogP contribution in [0.25, 0.3) is 10.9 Å². The number of aromatic nitrogens is 1. The third-order valence-corrected chi connectivity index (χ3v) is 5.80. The van der Waals surface area contributed by atoms with Gasteiger partial charge in [0.1, 0.15) is 5.75 Å². The normalized spacial score (nSPS) is 11.0. The van der Waals surface area contributed by atoms with Gasteiger partial charge < -0.3 is 9.84 Å². The number of aryl methyl sites for hydroxylation is 1. The highest BCUT2D eigenvalue weighted by atomic mass is 16.5. The van der Waals surface area contributed by atoms with Crippen LogP contribution in [0.3, 0.4) is 0 Å². The van der Waals surface area contributed by atoms with Crippen molar-refractivity contribution in [1.82, 2.24) is 4.57 Å². The molecule has 0 atom stereocenters. The van der Waals surface area contributed by atoms with E-state index in [1.165, 1.54) is 73.9 Å². The van der Waals surface area contributed by atoms with E-state index in [-0.39, 0.29) is 23.9 Å². The topological polar surface area (TPSA) is 85.6 Å². The van der Waals surface area contributed by atoms with Gasteiger partial charge in [-0.25, -0.2) is 4.79 Å². The Morgan fingerprint density at radius 1 is 0.939 bits per heavy atom. The van der Waals surface area contributed by atoms with E-state index in [0.29, 0.717) is 22.2 Å². The van der Waals surface area contributed by atoms with Gasteiger partial charge in [0.15, 0.2) is 12.4 Å². The molecule has 1 heterocycles. The number of benzene rings is 2. The molecule has 0 unspecified atom stereocenters. The molecule has 0 saturated heterocycles. The van der Waals surface area contributed by atoms with Gasteiger partial charge in [-0.1, -0.05) is 51.2 Å². The number of unbranched alkanes of at least 4 members (excludes halogenated alkanes) is 5. The maximum Gasteiger partial charge on any atom is 0.335 e. The summed E-state index contributed by atoms with van der Waals surface area (Å²) in [5.74, 6) is -1.07. The molecule has 0 fully saturated rings. The summed E-state index contributed by atoms with van der Waals surface area (Å²) in [4.78, 5) is 36.1. The zero-order chi connectivity index (χ0) is 23.8. The molecule has 0 saturated carbocycles. The van der Waals surface area contributed by atoms with Crippen LogP contribution in [0.15, 0.2) is 48.7 Å². The van der Waals surface area contributed by atoms with Crippen LogP contribution in [0.2, 0.25) is 0 Å². The Morgan fingerprint density at radius 3 is 2.30 bits per heavy atom. The van der Waals surface area contributed by atoms with E-state index >= 15 is 0 Å². The summed E-state index contributed by atoms with van der Waals surface area (Å²) >= 11 is 0. The van der Waals surface area contributed by atoms with E-state index in [4.69, 9.17) is 4.74 Å². The number of carboxylic acid groups (broad SMARTS) is 1. The Hall–Kier alpha value is -3.41. The largest absolute Gasteiger partial charge is 0.484 e.